The van der Waals surface area contributed by atoms with Crippen LogP contribution in [0.1, 0.15) is 131 Å². The Balaban J connectivity index is 0.000000175. The van der Waals surface area contributed by atoms with Crippen molar-refractivity contribution < 1.29 is 40.7 Å². The molecule has 0 spiro atoms. The molecule has 3 aliphatic heterocycles. The lowest BCUT2D eigenvalue weighted by Crippen LogP contribution is -2.54. The number of carbonyl (C=O) groups excluding carboxylic acids is 3. The maximum atomic E-state index is 15.6. The molecule has 3 atom stereocenters. The van der Waals surface area contributed by atoms with Gasteiger partial charge >= 0.3 is 0 Å². The maximum Gasteiger partial charge on any atom is 0.276 e. The first-order valence-electron chi connectivity index (χ1n) is 42.6. The zero-order valence-electron chi connectivity index (χ0n) is 75.8. The summed E-state index contributed by atoms with van der Waals surface area (Å²) in [6.45, 7) is 35.3. The zero-order valence-corrected chi connectivity index (χ0v) is 82.6. The number of pyridine rings is 9. The number of fused-ring (bicyclic) bond motifs is 3. The van der Waals surface area contributed by atoms with Gasteiger partial charge in [0, 0.05) is 112 Å². The highest BCUT2D eigenvalue weighted by Gasteiger charge is 2.40. The second-order valence-corrected chi connectivity index (χ2v) is 37.3. The molecular formula is C96H84Cl9F6N21O6. The van der Waals surface area contributed by atoms with Gasteiger partial charge in [-0.2, -0.15) is 15.8 Å². The Kier molecular flexibility index (Phi) is 30.3. The summed E-state index contributed by atoms with van der Waals surface area (Å²) in [6.07, 6.45) is 8.51. The summed E-state index contributed by atoms with van der Waals surface area (Å²) in [6, 6.07) is 14.7. The summed E-state index contributed by atoms with van der Waals surface area (Å²) >= 11 is 55.9. The lowest BCUT2D eigenvalue weighted by Gasteiger charge is -2.41. The summed E-state index contributed by atoms with van der Waals surface area (Å²) in [5.41, 5.74) is 16.0. The summed E-state index contributed by atoms with van der Waals surface area (Å²) in [4.78, 5) is 119. The van der Waals surface area contributed by atoms with Crippen molar-refractivity contribution in [2.45, 2.75) is 119 Å². The number of nitrogen functional groups attached to an aromatic ring is 3. The number of halogens is 15. The smallest absolute Gasteiger partial charge is 0.276 e. The van der Waals surface area contributed by atoms with Crippen molar-refractivity contribution >= 4 is 189 Å². The Labute approximate surface area is 831 Å². The molecule has 0 aliphatic carbocycles. The van der Waals surface area contributed by atoms with Crippen LogP contribution in [0.4, 0.5) is 60.5 Å². The predicted molar refractivity (Wildman–Crippen MR) is 531 cm³/mol. The van der Waals surface area contributed by atoms with Gasteiger partial charge in [-0.1, -0.05) is 166 Å². The first-order valence-corrected chi connectivity index (χ1v) is 46.0. The molecule has 138 heavy (non-hydrogen) atoms. The number of nitrogens with zero attached hydrogens (tertiary/aromatic N) is 18. The molecule has 3 saturated heterocycles. The molecule has 3 fully saturated rings. The van der Waals surface area contributed by atoms with Crippen molar-refractivity contribution in [3.8, 4) is 69.0 Å². The lowest BCUT2D eigenvalue weighted by molar-refractivity contribution is -0.129. The number of aryl methyl sites for hydroxylation is 3. The van der Waals surface area contributed by atoms with E-state index in [1.807, 2.05) is 77.0 Å². The van der Waals surface area contributed by atoms with Gasteiger partial charge in [-0.3, -0.25) is 57.4 Å². The SMILES string of the molecule is C=CC(=O)N1CCN(c2c(C#N)c(=O)n(-c3c(C)ccnc3C(C)C)c3nc(-c4c(N)c(F)c(Cl)c(Cl)c4F)c(Cl)cc23)C[C@H]1C.C=CC(=O)N1CCN(c2c(C#N)c(=O)n(-c3c(C)ccnc3C(C)C)c3nc(-c4c(N)c(F)c(Cl)c(Cl)c4F)c(Cl)cc23)C[C@H]1C.C=CC(=O)N1CCN(c2c(C#N)c(=O)n(-c3c(C)ccnc3C(C)C)c3nc(-c4c(N)c(F)c(Cl)c(Cl)c4F)c(Cl)cc23)C[C@H]1C. The molecule has 714 valence electrons. The molecular weight excluding hydrogens is 1980 g/mol. The molecule has 12 heterocycles. The predicted octanol–water partition coefficient (Wildman–Crippen LogP) is 20.4. The van der Waals surface area contributed by atoms with E-state index < -0.39 is 115 Å². The van der Waals surface area contributed by atoms with Gasteiger partial charge in [0.05, 0.1) is 132 Å². The number of anilines is 6. The topological polar surface area (TPSA) is 363 Å². The number of hydrogen-bond donors (Lipinski definition) is 3. The fourth-order valence-electron chi connectivity index (χ4n) is 17.6. The average Bonchev–Trinajstić information content (AvgIpc) is 0.726. The van der Waals surface area contributed by atoms with Crippen LogP contribution in [0.5, 0.6) is 0 Å². The van der Waals surface area contributed by atoms with Gasteiger partial charge in [0.25, 0.3) is 16.7 Å². The quantitative estimate of drug-likeness (QED) is 0.0282. The highest BCUT2D eigenvalue weighted by Crippen LogP contribution is 2.50. The number of carbonyl (C=O) groups is 3. The minimum atomic E-state index is -1.16. The molecule has 12 aromatic rings. The molecule has 9 aromatic heterocycles. The van der Waals surface area contributed by atoms with E-state index in [2.05, 4.69) is 67.8 Å². The van der Waals surface area contributed by atoms with E-state index in [-0.39, 0.29) is 212 Å². The molecule has 3 amide bonds. The van der Waals surface area contributed by atoms with Crippen molar-refractivity contribution in [1.29, 1.82) is 15.8 Å². The van der Waals surface area contributed by atoms with Gasteiger partial charge < -0.3 is 46.6 Å². The number of nitriles is 3. The minimum Gasteiger partial charge on any atom is -0.396 e. The maximum absolute atomic E-state index is 15.6. The van der Waals surface area contributed by atoms with Gasteiger partial charge in [0.1, 0.15) is 66.9 Å². The highest BCUT2D eigenvalue weighted by atomic mass is 35.5. The molecule has 0 radical (unpaired) electrons. The Morgan fingerprint density at radius 1 is 0.399 bits per heavy atom. The van der Waals surface area contributed by atoms with Crippen LogP contribution in [0.2, 0.25) is 45.2 Å². The Morgan fingerprint density at radius 3 is 0.826 bits per heavy atom. The summed E-state index contributed by atoms with van der Waals surface area (Å²) in [5.74, 6) is -8.18. The third kappa shape index (κ3) is 18.0. The Hall–Kier alpha value is -12.7. The van der Waals surface area contributed by atoms with Crippen molar-refractivity contribution in [2.24, 2.45) is 0 Å². The second-order valence-electron chi connectivity index (χ2n) is 33.8. The van der Waals surface area contributed by atoms with Crippen molar-refractivity contribution in [2.75, 3.05) is 90.8 Å². The first kappa shape index (κ1) is 103. The molecule has 6 N–H and O–H groups in total. The standard InChI is InChI=1S/3C32H28Cl3F2N7O2/c3*1-6-20(45)43-10-9-42(13-16(43)5)30-17-11-19(33)28(21-24(36)22(34)23(35)25(37)26(21)39)41-31(17)44(32(46)18(30)12-38)29-15(4)7-8-40-27(29)14(2)3/h3*6-8,11,14,16H,1,9-10,13,39H2,2-5H3/t3*16-/m111/s1. The van der Waals surface area contributed by atoms with E-state index in [1.54, 1.807) is 72.3 Å². The van der Waals surface area contributed by atoms with E-state index in [4.69, 9.17) is 122 Å². The van der Waals surface area contributed by atoms with Crippen LogP contribution in [0, 0.1) is 89.7 Å². The molecule has 42 heteroatoms. The fourth-order valence-corrected chi connectivity index (χ4v) is 19.4. The highest BCUT2D eigenvalue weighted by molar-refractivity contribution is 6.44. The van der Waals surface area contributed by atoms with Gasteiger partial charge in [0.15, 0.2) is 34.9 Å². The van der Waals surface area contributed by atoms with E-state index in [0.29, 0.717) is 50.8 Å². The third-order valence-electron chi connectivity index (χ3n) is 24.2. The number of amides is 3. The summed E-state index contributed by atoms with van der Waals surface area (Å²) in [7, 11) is 0. The molecule has 0 unspecified atom stereocenters. The Morgan fingerprint density at radius 2 is 0.623 bits per heavy atom. The zero-order chi connectivity index (χ0) is 101. The van der Waals surface area contributed by atoms with Crippen molar-refractivity contribution in [3.63, 3.8) is 0 Å². The van der Waals surface area contributed by atoms with Crippen LogP contribution in [0.15, 0.2) is 107 Å². The minimum absolute atomic E-state index is 0.0149. The largest absolute Gasteiger partial charge is 0.396 e. The van der Waals surface area contributed by atoms with Crippen molar-refractivity contribution in [3.05, 3.63) is 255 Å². The molecule has 3 aliphatic rings. The monoisotopic (exact) mass is 2060 g/mol. The third-order valence-corrected chi connectivity index (χ3v) is 27.4. The van der Waals surface area contributed by atoms with Gasteiger partial charge in [0.2, 0.25) is 17.7 Å². The van der Waals surface area contributed by atoms with E-state index in [0.717, 1.165) is 0 Å². The number of aromatic nitrogens is 9. The number of rotatable bonds is 15. The first-order chi connectivity index (χ1) is 65.2. The van der Waals surface area contributed by atoms with Crippen LogP contribution >= 0.6 is 104 Å². The van der Waals surface area contributed by atoms with E-state index in [1.165, 1.54) is 50.1 Å². The van der Waals surface area contributed by atoms with Crippen LogP contribution in [0.25, 0.3) is 83.9 Å². The van der Waals surface area contributed by atoms with Crippen LogP contribution in [0.3, 0.4) is 0 Å². The van der Waals surface area contributed by atoms with E-state index in [9.17, 15) is 44.6 Å². The fraction of sp³-hybridized carbons (Fsp3) is 0.281. The van der Waals surface area contributed by atoms with Gasteiger partial charge in [-0.05, 0) is 131 Å². The Bertz CT molecular complexity index is 6790. The average molecular weight is 2060 g/mol. The van der Waals surface area contributed by atoms with Gasteiger partial charge in [-0.15, -0.1) is 0 Å². The summed E-state index contributed by atoms with van der Waals surface area (Å²) < 4.78 is 95.7. The lowest BCUT2D eigenvalue weighted by atomic mass is 10.0. The van der Waals surface area contributed by atoms with Crippen LogP contribution < -0.4 is 48.6 Å². The number of piperazine rings is 3. The molecule has 0 bridgehead atoms. The summed E-state index contributed by atoms with van der Waals surface area (Å²) in [5, 5.41) is 27.4. The van der Waals surface area contributed by atoms with Crippen molar-refractivity contribution in [1.82, 2.24) is 58.3 Å². The van der Waals surface area contributed by atoms with Crippen LogP contribution in [-0.2, 0) is 14.4 Å². The van der Waals surface area contributed by atoms with Gasteiger partial charge in [-0.25, -0.2) is 41.3 Å². The normalized spacial score (nSPS) is 15.0. The molecule has 3 aromatic carbocycles. The van der Waals surface area contributed by atoms with E-state index >= 15 is 26.3 Å². The number of hydrogen-bond acceptors (Lipinski definition) is 21. The second kappa shape index (κ2) is 40.8. The molecule has 27 nitrogen and oxygen atoms in total. The molecule has 15 rings (SSSR count). The number of benzene rings is 3. The van der Waals surface area contributed by atoms with Crippen LogP contribution in [-0.4, -0.2) is 153 Å². The molecule has 0 saturated carbocycles. The number of nitrogens with two attached hydrogens (primary N) is 3.